The molecule has 0 fully saturated rings. The lowest BCUT2D eigenvalue weighted by molar-refractivity contribution is -0.259. The van der Waals surface area contributed by atoms with Gasteiger partial charge in [-0.3, -0.25) is 0 Å². The van der Waals surface area contributed by atoms with Crippen molar-refractivity contribution in [3.63, 3.8) is 0 Å². The van der Waals surface area contributed by atoms with E-state index in [1.807, 2.05) is 22.6 Å². The number of alkyl halides is 3. The first-order valence-electron chi connectivity index (χ1n) is 6.94. The highest BCUT2D eigenvalue weighted by atomic mass is 127. The second-order valence-electron chi connectivity index (χ2n) is 5.24. The highest BCUT2D eigenvalue weighted by Gasteiger charge is 2.49. The number of nitrogens with two attached hydrogens (primary N) is 1. The molecule has 2 aromatic rings. The van der Waals surface area contributed by atoms with Gasteiger partial charge in [-0.25, -0.2) is 4.79 Å². The highest BCUT2D eigenvalue weighted by Crippen LogP contribution is 2.38. The van der Waals surface area contributed by atoms with Gasteiger partial charge in [0.2, 0.25) is 0 Å². The summed E-state index contributed by atoms with van der Waals surface area (Å²) >= 11 is 13.7. The molecular formula is C16H11Cl2F3INO3. The maximum atomic E-state index is 12.7. The SMILES string of the molecule is NC(c1ccc(Cl)c(Cl)c1)C(O)(OC(=O)C(F)(F)F)c1ccc(I)cc1. The summed E-state index contributed by atoms with van der Waals surface area (Å²) in [6.45, 7) is 0. The van der Waals surface area contributed by atoms with Gasteiger partial charge in [-0.2, -0.15) is 13.2 Å². The van der Waals surface area contributed by atoms with Gasteiger partial charge in [-0.15, -0.1) is 0 Å². The van der Waals surface area contributed by atoms with Gasteiger partial charge in [0, 0.05) is 9.13 Å². The van der Waals surface area contributed by atoms with Crippen LogP contribution in [0.4, 0.5) is 13.2 Å². The number of carbonyl (C=O) groups is 1. The van der Waals surface area contributed by atoms with Crippen LogP contribution < -0.4 is 5.73 Å². The number of esters is 1. The third-order valence-electron chi connectivity index (χ3n) is 3.46. The number of hydrogen-bond acceptors (Lipinski definition) is 4. The Balaban J connectivity index is 2.53. The number of hydrogen-bond donors (Lipinski definition) is 2. The first-order valence-corrected chi connectivity index (χ1v) is 8.77. The van der Waals surface area contributed by atoms with Crippen LogP contribution in [-0.4, -0.2) is 17.3 Å². The van der Waals surface area contributed by atoms with E-state index in [2.05, 4.69) is 4.74 Å². The van der Waals surface area contributed by atoms with E-state index in [-0.39, 0.29) is 21.2 Å². The van der Waals surface area contributed by atoms with E-state index < -0.39 is 24.0 Å². The minimum absolute atomic E-state index is 0.0757. The maximum absolute atomic E-state index is 12.7. The Morgan fingerprint density at radius 3 is 2.19 bits per heavy atom. The van der Waals surface area contributed by atoms with E-state index in [0.29, 0.717) is 0 Å². The molecule has 0 aliphatic carbocycles. The molecule has 140 valence electrons. The molecule has 26 heavy (non-hydrogen) atoms. The Bertz CT molecular complexity index is 817. The van der Waals surface area contributed by atoms with E-state index >= 15 is 0 Å². The van der Waals surface area contributed by atoms with Gasteiger partial charge in [0.05, 0.1) is 10.0 Å². The molecule has 0 aliphatic rings. The van der Waals surface area contributed by atoms with Crippen molar-refractivity contribution in [2.24, 2.45) is 5.73 Å². The van der Waals surface area contributed by atoms with Crippen LogP contribution in [0.15, 0.2) is 42.5 Å². The van der Waals surface area contributed by atoms with Gasteiger partial charge >= 0.3 is 12.1 Å². The summed E-state index contributed by atoms with van der Waals surface area (Å²) in [5.41, 5.74) is 5.95. The molecule has 0 aliphatic heterocycles. The lowest BCUT2D eigenvalue weighted by atomic mass is 9.92. The third kappa shape index (κ3) is 4.61. The predicted molar refractivity (Wildman–Crippen MR) is 98.6 cm³/mol. The van der Waals surface area contributed by atoms with Crippen LogP contribution in [0.25, 0.3) is 0 Å². The number of benzene rings is 2. The predicted octanol–water partition coefficient (Wildman–Crippen LogP) is 4.55. The van der Waals surface area contributed by atoms with E-state index in [1.54, 1.807) is 0 Å². The third-order valence-corrected chi connectivity index (χ3v) is 4.92. The van der Waals surface area contributed by atoms with Gasteiger partial charge in [0.25, 0.3) is 5.79 Å². The fourth-order valence-corrected chi connectivity index (χ4v) is 2.79. The number of ether oxygens (including phenoxy) is 1. The lowest BCUT2D eigenvalue weighted by Gasteiger charge is -2.34. The topological polar surface area (TPSA) is 72.6 Å². The summed E-state index contributed by atoms with van der Waals surface area (Å²) in [6.07, 6.45) is -5.31. The second kappa shape index (κ2) is 7.89. The molecule has 0 saturated carbocycles. The molecule has 4 nitrogen and oxygen atoms in total. The van der Waals surface area contributed by atoms with Crippen LogP contribution in [0.1, 0.15) is 17.2 Å². The molecule has 0 bridgehead atoms. The number of aliphatic hydroxyl groups is 1. The maximum Gasteiger partial charge on any atom is 0.491 e. The second-order valence-corrected chi connectivity index (χ2v) is 7.30. The van der Waals surface area contributed by atoms with Gasteiger partial charge in [-0.1, -0.05) is 41.4 Å². The average molecular weight is 520 g/mol. The van der Waals surface area contributed by atoms with Gasteiger partial charge in [0.15, 0.2) is 0 Å². The van der Waals surface area contributed by atoms with Crippen molar-refractivity contribution < 1.29 is 27.8 Å². The quantitative estimate of drug-likeness (QED) is 0.353. The van der Waals surface area contributed by atoms with Crippen molar-refractivity contribution in [3.05, 3.63) is 67.2 Å². The monoisotopic (exact) mass is 519 g/mol. The minimum Gasteiger partial charge on any atom is -0.420 e. The van der Waals surface area contributed by atoms with Gasteiger partial charge in [0.1, 0.15) is 6.04 Å². The number of halogens is 6. The van der Waals surface area contributed by atoms with Crippen molar-refractivity contribution in [2.45, 2.75) is 18.0 Å². The zero-order chi connectivity index (χ0) is 19.7. The normalized spacial score (nSPS) is 15.2. The van der Waals surface area contributed by atoms with Gasteiger partial charge < -0.3 is 15.6 Å². The van der Waals surface area contributed by atoms with Crippen molar-refractivity contribution in [1.82, 2.24) is 0 Å². The first-order chi connectivity index (χ1) is 11.9. The summed E-state index contributed by atoms with van der Waals surface area (Å²) in [5.74, 6) is -5.36. The first kappa shape index (κ1) is 21.2. The number of carbonyl (C=O) groups excluding carboxylic acids is 1. The smallest absolute Gasteiger partial charge is 0.420 e. The molecule has 0 aromatic heterocycles. The van der Waals surface area contributed by atoms with Crippen LogP contribution >= 0.6 is 45.8 Å². The van der Waals surface area contributed by atoms with E-state index in [4.69, 9.17) is 28.9 Å². The van der Waals surface area contributed by atoms with Crippen molar-refractivity contribution in [1.29, 1.82) is 0 Å². The summed E-state index contributed by atoms with van der Waals surface area (Å²) in [7, 11) is 0. The van der Waals surface area contributed by atoms with Crippen LogP contribution in [0.2, 0.25) is 10.0 Å². The molecule has 0 radical (unpaired) electrons. The summed E-state index contributed by atoms with van der Waals surface area (Å²) in [6, 6.07) is 8.08. The molecule has 2 rings (SSSR count). The Morgan fingerprint density at radius 1 is 1.12 bits per heavy atom. The Labute approximate surface area is 170 Å². The fraction of sp³-hybridized carbons (Fsp3) is 0.188. The van der Waals surface area contributed by atoms with Crippen LogP contribution in [0.5, 0.6) is 0 Å². The largest absolute Gasteiger partial charge is 0.491 e. The standard InChI is InChI=1S/C16H11Cl2F3INO3/c17-11-6-1-8(7-12(11)18)13(23)15(25,26-14(24)16(19,20)21)9-2-4-10(22)5-3-9/h1-7,13,25H,23H2. The molecule has 0 heterocycles. The summed E-state index contributed by atoms with van der Waals surface area (Å²) < 4.78 is 43.2. The van der Waals surface area contributed by atoms with E-state index in [1.165, 1.54) is 42.5 Å². The molecule has 10 heteroatoms. The highest BCUT2D eigenvalue weighted by molar-refractivity contribution is 14.1. The molecule has 2 atom stereocenters. The molecule has 0 spiro atoms. The molecule has 3 N–H and O–H groups in total. The Hall–Kier alpha value is -1.07. The number of rotatable bonds is 4. The zero-order valence-corrected chi connectivity index (χ0v) is 16.4. The van der Waals surface area contributed by atoms with Crippen molar-refractivity contribution in [3.8, 4) is 0 Å². The summed E-state index contributed by atoms with van der Waals surface area (Å²) in [5, 5.41) is 11.1. The zero-order valence-electron chi connectivity index (χ0n) is 12.7. The molecule has 2 unspecified atom stereocenters. The van der Waals surface area contributed by atoms with Gasteiger partial charge in [-0.05, 0) is 52.4 Å². The molecule has 0 amide bonds. The Kier molecular flexibility index (Phi) is 6.44. The van der Waals surface area contributed by atoms with Crippen molar-refractivity contribution in [2.75, 3.05) is 0 Å². The fourth-order valence-electron chi connectivity index (χ4n) is 2.12. The molecular weight excluding hydrogens is 509 g/mol. The average Bonchev–Trinajstić information content (AvgIpc) is 2.56. The van der Waals surface area contributed by atoms with E-state index in [9.17, 15) is 23.1 Å². The van der Waals surface area contributed by atoms with Crippen LogP contribution in [0, 0.1) is 3.57 Å². The lowest BCUT2D eigenvalue weighted by Crippen LogP contribution is -2.45. The minimum atomic E-state index is -5.31. The Morgan fingerprint density at radius 2 is 1.69 bits per heavy atom. The molecule has 2 aromatic carbocycles. The molecule has 0 saturated heterocycles. The van der Waals surface area contributed by atoms with Crippen LogP contribution in [-0.2, 0) is 15.3 Å². The van der Waals surface area contributed by atoms with Crippen LogP contribution in [0.3, 0.4) is 0 Å². The van der Waals surface area contributed by atoms with Crippen molar-refractivity contribution >= 4 is 51.8 Å². The summed E-state index contributed by atoms with van der Waals surface area (Å²) in [4.78, 5) is 11.4. The van der Waals surface area contributed by atoms with E-state index in [0.717, 1.165) is 3.57 Å².